The number of amides is 2. The first-order valence-corrected chi connectivity index (χ1v) is 16.0. The molecule has 1 atom stereocenters. The van der Waals surface area contributed by atoms with Crippen LogP contribution in [-0.2, 0) is 32.6 Å². The van der Waals surface area contributed by atoms with E-state index in [4.69, 9.17) is 16.3 Å². The molecule has 4 rings (SSSR count). The highest BCUT2D eigenvalue weighted by molar-refractivity contribution is 7.92. The second kappa shape index (κ2) is 14.9. The zero-order valence-electron chi connectivity index (χ0n) is 24.9. The molecule has 0 bridgehead atoms. The number of carbonyl (C=O) groups excluding carboxylic acids is 2. The first-order valence-electron chi connectivity index (χ1n) is 14.2. The lowest BCUT2D eigenvalue weighted by atomic mass is 10.0. The molecule has 0 spiro atoms. The summed E-state index contributed by atoms with van der Waals surface area (Å²) >= 11 is 6.04. The van der Waals surface area contributed by atoms with Crippen LogP contribution >= 0.6 is 11.6 Å². The van der Waals surface area contributed by atoms with Crippen molar-refractivity contribution in [1.82, 2.24) is 10.2 Å². The molecule has 1 N–H and O–H groups in total. The highest BCUT2D eigenvalue weighted by atomic mass is 35.5. The van der Waals surface area contributed by atoms with Crippen molar-refractivity contribution in [3.8, 4) is 5.75 Å². The molecular weight excluding hydrogens is 598 g/mol. The number of nitrogens with zero attached hydrogens (tertiary/aromatic N) is 2. The molecule has 0 aliphatic heterocycles. The molecule has 44 heavy (non-hydrogen) atoms. The first-order chi connectivity index (χ1) is 21.1. The van der Waals surface area contributed by atoms with Crippen LogP contribution in [0.15, 0.2) is 108 Å². The lowest BCUT2D eigenvalue weighted by Gasteiger charge is -2.34. The van der Waals surface area contributed by atoms with E-state index in [1.165, 1.54) is 29.2 Å². The number of benzene rings is 4. The van der Waals surface area contributed by atoms with E-state index >= 15 is 0 Å². The third-order valence-electron chi connectivity index (χ3n) is 7.08. The monoisotopic (exact) mass is 633 g/mol. The smallest absolute Gasteiger partial charge is 0.264 e. The van der Waals surface area contributed by atoms with Gasteiger partial charge >= 0.3 is 0 Å². The first kappa shape index (κ1) is 32.6. The van der Waals surface area contributed by atoms with E-state index in [2.05, 4.69) is 5.32 Å². The maximum atomic E-state index is 14.4. The third-order valence-corrected chi connectivity index (χ3v) is 9.12. The number of methoxy groups -OCH3 is 1. The molecule has 2 amide bonds. The van der Waals surface area contributed by atoms with Crippen molar-refractivity contribution in [1.29, 1.82) is 0 Å². The quantitative estimate of drug-likeness (QED) is 0.206. The topological polar surface area (TPSA) is 96.0 Å². The lowest BCUT2D eigenvalue weighted by molar-refractivity contribution is -0.140. The molecule has 4 aromatic carbocycles. The van der Waals surface area contributed by atoms with Gasteiger partial charge in [-0.05, 0) is 79.1 Å². The van der Waals surface area contributed by atoms with E-state index in [1.54, 1.807) is 43.5 Å². The van der Waals surface area contributed by atoms with E-state index < -0.39 is 28.5 Å². The standard InChI is InChI=1S/C34H36ClN3O5S/c1-4-36-34(40)32(22-26-11-6-5-7-12-26)37(23-27-13-9-15-30(21-27)43-3)33(39)24-38(29-14-8-10-25(2)20-29)44(41,42)31-18-16-28(35)17-19-31/h5-21,32H,4,22-24H2,1-3H3,(H,36,40)/t32-/m1/s1. The molecule has 230 valence electrons. The Hall–Kier alpha value is -4.34. The Balaban J connectivity index is 1.80. The van der Waals surface area contributed by atoms with Crippen molar-refractivity contribution in [2.45, 2.75) is 37.8 Å². The Labute approximate surface area is 264 Å². The third kappa shape index (κ3) is 8.18. The summed E-state index contributed by atoms with van der Waals surface area (Å²) in [5, 5.41) is 3.25. The van der Waals surface area contributed by atoms with Crippen molar-refractivity contribution in [2.24, 2.45) is 0 Å². The van der Waals surface area contributed by atoms with Gasteiger partial charge in [-0.1, -0.05) is 66.2 Å². The van der Waals surface area contributed by atoms with Crippen LogP contribution in [0.2, 0.25) is 5.02 Å². The fourth-order valence-electron chi connectivity index (χ4n) is 4.86. The number of anilines is 1. The lowest BCUT2D eigenvalue weighted by Crippen LogP contribution is -2.53. The summed E-state index contributed by atoms with van der Waals surface area (Å²) in [5.41, 5.74) is 2.73. The number of likely N-dealkylation sites (N-methyl/N-ethyl adjacent to an activating group) is 1. The summed E-state index contributed by atoms with van der Waals surface area (Å²) in [6, 6.07) is 28.4. The number of ether oxygens (including phenoxy) is 1. The number of sulfonamides is 1. The number of rotatable bonds is 13. The van der Waals surface area contributed by atoms with Gasteiger partial charge in [0.15, 0.2) is 0 Å². The molecule has 0 aromatic heterocycles. The van der Waals surface area contributed by atoms with Crippen LogP contribution in [0.4, 0.5) is 5.69 Å². The second-order valence-electron chi connectivity index (χ2n) is 10.3. The molecule has 4 aromatic rings. The highest BCUT2D eigenvalue weighted by Crippen LogP contribution is 2.27. The Bertz CT molecular complexity index is 1680. The molecule has 0 fully saturated rings. The maximum absolute atomic E-state index is 14.4. The van der Waals surface area contributed by atoms with Gasteiger partial charge in [0.1, 0.15) is 18.3 Å². The van der Waals surface area contributed by atoms with Crippen molar-refractivity contribution in [2.75, 3.05) is 24.5 Å². The molecule has 8 nitrogen and oxygen atoms in total. The number of hydrogen-bond acceptors (Lipinski definition) is 5. The van der Waals surface area contributed by atoms with Crippen LogP contribution in [0.3, 0.4) is 0 Å². The second-order valence-corrected chi connectivity index (χ2v) is 12.6. The summed E-state index contributed by atoms with van der Waals surface area (Å²) in [6.07, 6.45) is 0.233. The summed E-state index contributed by atoms with van der Waals surface area (Å²) < 4.78 is 34.6. The largest absolute Gasteiger partial charge is 0.497 e. The minimum Gasteiger partial charge on any atom is -0.497 e. The highest BCUT2D eigenvalue weighted by Gasteiger charge is 2.34. The Morgan fingerprint density at radius 2 is 1.57 bits per heavy atom. The summed E-state index contributed by atoms with van der Waals surface area (Å²) in [5.74, 6) is -0.284. The van der Waals surface area contributed by atoms with Gasteiger partial charge in [-0.15, -0.1) is 0 Å². The van der Waals surface area contributed by atoms with Crippen LogP contribution in [0.25, 0.3) is 0 Å². The van der Waals surface area contributed by atoms with Crippen molar-refractivity contribution in [3.05, 3.63) is 125 Å². The molecule has 0 saturated heterocycles. The average Bonchev–Trinajstić information content (AvgIpc) is 3.02. The summed E-state index contributed by atoms with van der Waals surface area (Å²) in [4.78, 5) is 29.5. The molecule has 10 heteroatoms. The number of hydrogen-bond donors (Lipinski definition) is 1. The van der Waals surface area contributed by atoms with E-state index in [0.717, 1.165) is 21.0 Å². The Kier molecular flexibility index (Phi) is 11.0. The van der Waals surface area contributed by atoms with Crippen LogP contribution in [-0.4, -0.2) is 51.4 Å². The Morgan fingerprint density at radius 3 is 2.23 bits per heavy atom. The molecule has 0 unspecified atom stereocenters. The van der Waals surface area contributed by atoms with Gasteiger partial charge in [-0.2, -0.15) is 0 Å². The minimum atomic E-state index is -4.21. The van der Waals surface area contributed by atoms with Crippen molar-refractivity contribution < 1.29 is 22.7 Å². The van der Waals surface area contributed by atoms with Gasteiger partial charge in [-0.25, -0.2) is 8.42 Å². The van der Waals surface area contributed by atoms with Crippen LogP contribution in [0.1, 0.15) is 23.6 Å². The average molecular weight is 634 g/mol. The maximum Gasteiger partial charge on any atom is 0.264 e. The molecule has 0 aliphatic carbocycles. The van der Waals surface area contributed by atoms with Crippen molar-refractivity contribution >= 4 is 39.1 Å². The van der Waals surface area contributed by atoms with Crippen LogP contribution in [0, 0.1) is 6.92 Å². The van der Waals surface area contributed by atoms with Gasteiger partial charge in [0.2, 0.25) is 11.8 Å². The number of carbonyl (C=O) groups is 2. The Morgan fingerprint density at radius 1 is 0.886 bits per heavy atom. The van der Waals surface area contributed by atoms with Crippen LogP contribution < -0.4 is 14.4 Å². The molecule has 0 heterocycles. The van der Waals surface area contributed by atoms with E-state index in [-0.39, 0.29) is 23.8 Å². The molecule has 0 saturated carbocycles. The predicted molar refractivity (Wildman–Crippen MR) is 173 cm³/mol. The number of halogens is 1. The van der Waals surface area contributed by atoms with Crippen molar-refractivity contribution in [3.63, 3.8) is 0 Å². The van der Waals surface area contributed by atoms with Gasteiger partial charge in [-0.3, -0.25) is 13.9 Å². The number of nitrogens with one attached hydrogen (secondary N) is 1. The van der Waals surface area contributed by atoms with E-state index in [1.807, 2.05) is 56.3 Å². The van der Waals surface area contributed by atoms with Gasteiger partial charge in [0.25, 0.3) is 10.0 Å². The van der Waals surface area contributed by atoms with Gasteiger partial charge in [0.05, 0.1) is 17.7 Å². The van der Waals surface area contributed by atoms with E-state index in [9.17, 15) is 18.0 Å². The summed E-state index contributed by atoms with van der Waals surface area (Å²) in [7, 11) is -2.66. The summed E-state index contributed by atoms with van der Waals surface area (Å²) in [6.45, 7) is 3.53. The minimum absolute atomic E-state index is 0.0138. The zero-order chi connectivity index (χ0) is 31.7. The SMILES string of the molecule is CCNC(=O)[C@@H](Cc1ccccc1)N(Cc1cccc(OC)c1)C(=O)CN(c1cccc(C)c1)S(=O)(=O)c1ccc(Cl)cc1. The normalized spacial score (nSPS) is 11.8. The molecule has 0 radical (unpaired) electrons. The predicted octanol–water partition coefficient (Wildman–Crippen LogP) is 5.63. The number of aryl methyl sites for hydroxylation is 1. The molecular formula is C34H36ClN3O5S. The molecule has 0 aliphatic rings. The zero-order valence-corrected chi connectivity index (χ0v) is 26.5. The van der Waals surface area contributed by atoms with Gasteiger partial charge < -0.3 is 15.0 Å². The van der Waals surface area contributed by atoms with E-state index in [0.29, 0.717) is 23.0 Å². The fourth-order valence-corrected chi connectivity index (χ4v) is 6.39. The van der Waals surface area contributed by atoms with Gasteiger partial charge in [0, 0.05) is 24.5 Å². The fraction of sp³-hybridized carbons (Fsp3) is 0.235. The van der Waals surface area contributed by atoms with Crippen LogP contribution in [0.5, 0.6) is 5.75 Å².